The molecule has 0 N–H and O–H groups in total. The van der Waals surface area contributed by atoms with Crippen molar-refractivity contribution in [1.82, 2.24) is 0 Å². The van der Waals surface area contributed by atoms with E-state index in [9.17, 15) is 0 Å². The lowest BCUT2D eigenvalue weighted by molar-refractivity contribution is 0.669. The summed E-state index contributed by atoms with van der Waals surface area (Å²) in [7, 11) is 0. The third-order valence-corrected chi connectivity index (χ3v) is 8.40. The van der Waals surface area contributed by atoms with Crippen LogP contribution >= 0.6 is 0 Å². The molecular formula is C38H27NO. The number of furan rings is 1. The summed E-state index contributed by atoms with van der Waals surface area (Å²) in [4.78, 5) is 4.34. The molecule has 0 fully saturated rings. The molecule has 1 aromatic heterocycles. The monoisotopic (exact) mass is 513 g/mol. The molecule has 1 heterocycles. The minimum atomic E-state index is 0.758. The molecule has 0 bridgehead atoms. The lowest BCUT2D eigenvalue weighted by Gasteiger charge is -2.14. The zero-order valence-electron chi connectivity index (χ0n) is 22.2. The van der Waals surface area contributed by atoms with Gasteiger partial charge in [0.2, 0.25) is 0 Å². The molecule has 40 heavy (non-hydrogen) atoms. The van der Waals surface area contributed by atoms with Crippen LogP contribution < -0.4 is 0 Å². The van der Waals surface area contributed by atoms with E-state index in [-0.39, 0.29) is 0 Å². The van der Waals surface area contributed by atoms with E-state index >= 15 is 0 Å². The molecule has 0 unspecified atom stereocenters. The van der Waals surface area contributed by atoms with Crippen LogP contribution in [-0.2, 0) is 6.42 Å². The number of fused-ring (bicyclic) bond motifs is 3. The predicted molar refractivity (Wildman–Crippen MR) is 171 cm³/mol. The van der Waals surface area contributed by atoms with Gasteiger partial charge in [0.05, 0.1) is 5.70 Å². The lowest BCUT2D eigenvalue weighted by atomic mass is 9.89. The van der Waals surface area contributed by atoms with Gasteiger partial charge in [0.25, 0.3) is 0 Å². The van der Waals surface area contributed by atoms with E-state index in [0.717, 1.165) is 47.1 Å². The number of hydrogen-bond acceptors (Lipinski definition) is 2. The first-order valence-corrected chi connectivity index (χ1v) is 13.9. The van der Waals surface area contributed by atoms with E-state index in [1.54, 1.807) is 0 Å². The summed E-state index contributed by atoms with van der Waals surface area (Å²) < 4.78 is 6.33. The molecule has 1 aliphatic rings. The maximum Gasteiger partial charge on any atom is 0.135 e. The van der Waals surface area contributed by atoms with Crippen LogP contribution in [0.15, 0.2) is 136 Å². The van der Waals surface area contributed by atoms with E-state index in [2.05, 4.69) is 127 Å². The Morgan fingerprint density at radius 3 is 2.38 bits per heavy atom. The van der Waals surface area contributed by atoms with Crippen LogP contribution in [-0.4, -0.2) is 6.72 Å². The van der Waals surface area contributed by atoms with Gasteiger partial charge in [-0.25, -0.2) is 0 Å². The largest absolute Gasteiger partial charge is 0.456 e. The molecule has 190 valence electrons. The van der Waals surface area contributed by atoms with Crippen molar-refractivity contribution in [2.75, 3.05) is 0 Å². The van der Waals surface area contributed by atoms with Crippen molar-refractivity contribution in [1.29, 1.82) is 0 Å². The van der Waals surface area contributed by atoms with Crippen molar-refractivity contribution in [3.63, 3.8) is 0 Å². The van der Waals surface area contributed by atoms with Gasteiger partial charge < -0.3 is 4.42 Å². The number of benzene rings is 6. The highest BCUT2D eigenvalue weighted by atomic mass is 16.3. The number of hydrogen-bond donors (Lipinski definition) is 0. The zero-order chi connectivity index (χ0) is 26.6. The number of nitrogens with zero attached hydrogens (tertiary/aromatic N) is 1. The van der Waals surface area contributed by atoms with Crippen molar-refractivity contribution < 1.29 is 4.42 Å². The molecular weight excluding hydrogens is 486 g/mol. The Balaban J connectivity index is 1.30. The van der Waals surface area contributed by atoms with Gasteiger partial charge in [-0.3, -0.25) is 4.99 Å². The molecule has 8 rings (SSSR count). The first kappa shape index (κ1) is 23.0. The van der Waals surface area contributed by atoms with Gasteiger partial charge in [0.15, 0.2) is 0 Å². The normalized spacial score (nSPS) is 14.2. The number of aliphatic imine (C=N–C) groups is 1. The SMILES string of the molecule is C=N/C(=C\Cc1cccc2oc3ccc(-c4ccc5ccc6cccc7ccc4c5c67)cc3c12)C1=CCCC=C1. The quantitative estimate of drug-likeness (QED) is 0.166. The lowest BCUT2D eigenvalue weighted by Crippen LogP contribution is -1.91. The van der Waals surface area contributed by atoms with Crippen LogP contribution in [0.2, 0.25) is 0 Å². The second-order valence-electron chi connectivity index (χ2n) is 10.7. The number of rotatable bonds is 5. The average molecular weight is 514 g/mol. The molecule has 0 saturated heterocycles. The smallest absolute Gasteiger partial charge is 0.135 e. The van der Waals surface area contributed by atoms with Crippen LogP contribution in [0.5, 0.6) is 0 Å². The van der Waals surface area contributed by atoms with Gasteiger partial charge in [0, 0.05) is 10.8 Å². The van der Waals surface area contributed by atoms with Crippen molar-refractivity contribution >= 4 is 61.0 Å². The minimum Gasteiger partial charge on any atom is -0.456 e. The standard InChI is InChI=1S/C38H27NO/c1-39-33(24-7-3-2-4-8-24)21-17-27-11-6-12-35-37(27)32-23-29(18-22-34(32)40-35)30-19-15-28-14-13-25-9-5-10-26-16-20-31(30)38(28)36(25)26/h3,5-16,18-23H,1-2,4,17H2/b33-21-. The second-order valence-corrected chi connectivity index (χ2v) is 10.7. The van der Waals surface area contributed by atoms with Crippen molar-refractivity contribution in [2.45, 2.75) is 19.3 Å². The molecule has 0 spiro atoms. The van der Waals surface area contributed by atoms with Crippen LogP contribution in [0.4, 0.5) is 0 Å². The first-order valence-electron chi connectivity index (χ1n) is 13.9. The highest BCUT2D eigenvalue weighted by Gasteiger charge is 2.15. The second kappa shape index (κ2) is 9.07. The van der Waals surface area contributed by atoms with Gasteiger partial charge in [-0.1, -0.05) is 97.1 Å². The molecule has 7 aromatic rings. The summed E-state index contributed by atoms with van der Waals surface area (Å²) in [5, 5.41) is 10.1. The molecule has 1 aliphatic carbocycles. The average Bonchev–Trinajstić information content (AvgIpc) is 3.39. The fourth-order valence-corrected chi connectivity index (χ4v) is 6.51. The molecule has 6 aromatic carbocycles. The fourth-order valence-electron chi connectivity index (χ4n) is 6.51. The maximum atomic E-state index is 6.33. The molecule has 0 aliphatic heterocycles. The van der Waals surface area contributed by atoms with Crippen LogP contribution in [0.25, 0.3) is 65.4 Å². The number of allylic oxidation sites excluding steroid dienone is 4. The van der Waals surface area contributed by atoms with E-state index in [1.165, 1.54) is 54.4 Å². The topological polar surface area (TPSA) is 25.5 Å². The third kappa shape index (κ3) is 3.53. The van der Waals surface area contributed by atoms with Gasteiger partial charge in [0.1, 0.15) is 11.2 Å². The third-order valence-electron chi connectivity index (χ3n) is 8.40. The predicted octanol–water partition coefficient (Wildman–Crippen LogP) is 10.6. The Morgan fingerprint density at radius 2 is 1.55 bits per heavy atom. The van der Waals surface area contributed by atoms with Gasteiger partial charge >= 0.3 is 0 Å². The summed E-state index contributed by atoms with van der Waals surface area (Å²) >= 11 is 0. The summed E-state index contributed by atoms with van der Waals surface area (Å²) in [5.41, 5.74) is 7.59. The summed E-state index contributed by atoms with van der Waals surface area (Å²) in [6.07, 6.45) is 11.7. The Hall–Kier alpha value is -4.95. The van der Waals surface area contributed by atoms with Crippen molar-refractivity contribution in [3.05, 3.63) is 132 Å². The summed E-state index contributed by atoms with van der Waals surface area (Å²) in [6, 6.07) is 33.1. The zero-order valence-corrected chi connectivity index (χ0v) is 22.2. The van der Waals surface area contributed by atoms with E-state index < -0.39 is 0 Å². The molecule has 0 saturated carbocycles. The maximum absolute atomic E-state index is 6.33. The van der Waals surface area contributed by atoms with Gasteiger partial charge in [-0.05, 0) is 98.8 Å². The van der Waals surface area contributed by atoms with Gasteiger partial charge in [-0.15, -0.1) is 0 Å². The van der Waals surface area contributed by atoms with Crippen LogP contribution in [0, 0.1) is 0 Å². The summed E-state index contributed by atoms with van der Waals surface area (Å²) in [5.74, 6) is 0. The molecule has 0 amide bonds. The molecule has 0 atom stereocenters. The van der Waals surface area contributed by atoms with Crippen LogP contribution in [0.1, 0.15) is 18.4 Å². The Bertz CT molecular complexity index is 2190. The summed E-state index contributed by atoms with van der Waals surface area (Å²) in [6.45, 7) is 3.84. The minimum absolute atomic E-state index is 0.758. The van der Waals surface area contributed by atoms with Crippen molar-refractivity contribution in [2.24, 2.45) is 4.99 Å². The Kier molecular flexibility index (Phi) is 5.21. The van der Waals surface area contributed by atoms with E-state index in [4.69, 9.17) is 4.42 Å². The highest BCUT2D eigenvalue weighted by Crippen LogP contribution is 2.41. The fraction of sp³-hybridized carbons (Fsp3) is 0.0789. The molecule has 2 heteroatoms. The van der Waals surface area contributed by atoms with Gasteiger partial charge in [-0.2, -0.15) is 0 Å². The Labute approximate surface area is 232 Å². The Morgan fingerprint density at radius 1 is 0.750 bits per heavy atom. The molecule has 2 nitrogen and oxygen atoms in total. The first-order chi connectivity index (χ1) is 19.8. The van der Waals surface area contributed by atoms with Crippen LogP contribution in [0.3, 0.4) is 0 Å². The van der Waals surface area contributed by atoms with E-state index in [1.807, 2.05) is 0 Å². The molecule has 0 radical (unpaired) electrons. The van der Waals surface area contributed by atoms with Crippen molar-refractivity contribution in [3.8, 4) is 11.1 Å². The van der Waals surface area contributed by atoms with E-state index in [0.29, 0.717) is 0 Å². The highest BCUT2D eigenvalue weighted by molar-refractivity contribution is 6.25.